The molecule has 1 nitrogen and oxygen atoms in total. The van der Waals surface area contributed by atoms with Crippen molar-refractivity contribution >= 4 is 6.08 Å². The van der Waals surface area contributed by atoms with Gasteiger partial charge in [-0.25, -0.2) is 8.78 Å². The Morgan fingerprint density at radius 2 is 1.43 bits per heavy atom. The fraction of sp³-hybridized carbons (Fsp3) is 0.111. The second-order valence-electron chi connectivity index (χ2n) is 4.50. The van der Waals surface area contributed by atoms with E-state index in [1.54, 1.807) is 31.4 Å². The van der Waals surface area contributed by atoms with Gasteiger partial charge in [-0.1, -0.05) is 48.6 Å². The summed E-state index contributed by atoms with van der Waals surface area (Å²) in [6.07, 6.45) is 7.20. The van der Waals surface area contributed by atoms with Gasteiger partial charge >= 0.3 is 0 Å². The van der Waals surface area contributed by atoms with Crippen molar-refractivity contribution in [3.05, 3.63) is 89.5 Å². The number of methoxy groups -OCH3 is 1. The van der Waals surface area contributed by atoms with Gasteiger partial charge in [0, 0.05) is 7.11 Å². The van der Waals surface area contributed by atoms with Crippen molar-refractivity contribution in [2.45, 2.75) is 6.10 Å². The molecule has 0 heterocycles. The normalized spacial score (nSPS) is 13.1. The minimum atomic E-state index is -0.270. The highest BCUT2D eigenvalue weighted by molar-refractivity contribution is 5.50. The molecular formula is C18H16F2O. The van der Waals surface area contributed by atoms with E-state index in [0.29, 0.717) is 0 Å². The van der Waals surface area contributed by atoms with Crippen LogP contribution in [0.4, 0.5) is 8.78 Å². The monoisotopic (exact) mass is 286 g/mol. The highest BCUT2D eigenvalue weighted by atomic mass is 19.1. The van der Waals surface area contributed by atoms with Gasteiger partial charge in [-0.3, -0.25) is 0 Å². The molecule has 1 atom stereocenters. The molecule has 0 aliphatic rings. The van der Waals surface area contributed by atoms with Crippen molar-refractivity contribution in [3.8, 4) is 0 Å². The van der Waals surface area contributed by atoms with Crippen molar-refractivity contribution in [3.63, 3.8) is 0 Å². The lowest BCUT2D eigenvalue weighted by Crippen LogP contribution is -1.97. The van der Waals surface area contributed by atoms with Gasteiger partial charge < -0.3 is 4.74 Å². The first-order chi connectivity index (χ1) is 10.2. The molecule has 3 heteroatoms. The quantitative estimate of drug-likeness (QED) is 0.709. The first-order valence-electron chi connectivity index (χ1n) is 6.58. The van der Waals surface area contributed by atoms with Crippen LogP contribution in [0.2, 0.25) is 0 Å². The van der Waals surface area contributed by atoms with Gasteiger partial charge in [0.2, 0.25) is 0 Å². The van der Waals surface area contributed by atoms with Crippen LogP contribution >= 0.6 is 0 Å². The number of ether oxygens (including phenoxy) is 1. The summed E-state index contributed by atoms with van der Waals surface area (Å²) in [4.78, 5) is 0. The fourth-order valence-electron chi connectivity index (χ4n) is 1.88. The Morgan fingerprint density at radius 1 is 0.857 bits per heavy atom. The minimum absolute atomic E-state index is 0.233. The Kier molecular flexibility index (Phi) is 5.41. The lowest BCUT2D eigenvalue weighted by atomic mass is 10.1. The van der Waals surface area contributed by atoms with Gasteiger partial charge in [0.25, 0.3) is 0 Å². The number of rotatable bonds is 5. The van der Waals surface area contributed by atoms with E-state index in [4.69, 9.17) is 4.74 Å². The van der Waals surface area contributed by atoms with E-state index in [1.165, 1.54) is 24.3 Å². The van der Waals surface area contributed by atoms with E-state index in [9.17, 15) is 8.78 Å². The maximum Gasteiger partial charge on any atom is 0.123 e. The number of allylic oxidation sites excluding steroid dienone is 2. The first kappa shape index (κ1) is 15.1. The average molecular weight is 286 g/mol. The summed E-state index contributed by atoms with van der Waals surface area (Å²) in [5.74, 6) is -0.521. The molecule has 1 unspecified atom stereocenters. The Labute approximate surface area is 123 Å². The number of halogens is 2. The molecule has 108 valence electrons. The second kappa shape index (κ2) is 7.50. The van der Waals surface area contributed by atoms with Gasteiger partial charge in [-0.15, -0.1) is 0 Å². The summed E-state index contributed by atoms with van der Waals surface area (Å²) in [5, 5.41) is 0. The zero-order valence-corrected chi connectivity index (χ0v) is 11.7. The summed E-state index contributed by atoms with van der Waals surface area (Å²) in [5.41, 5.74) is 1.79. The van der Waals surface area contributed by atoms with E-state index >= 15 is 0 Å². The summed E-state index contributed by atoms with van der Waals surface area (Å²) < 4.78 is 31.0. The summed E-state index contributed by atoms with van der Waals surface area (Å²) >= 11 is 0. The fourth-order valence-corrected chi connectivity index (χ4v) is 1.88. The summed E-state index contributed by atoms with van der Waals surface area (Å²) in [6, 6.07) is 12.4. The molecule has 0 spiro atoms. The van der Waals surface area contributed by atoms with Crippen molar-refractivity contribution in [2.75, 3.05) is 7.11 Å². The molecule has 0 amide bonds. The zero-order chi connectivity index (χ0) is 15.1. The molecule has 0 saturated heterocycles. The highest BCUT2D eigenvalue weighted by Crippen LogP contribution is 2.18. The molecular weight excluding hydrogens is 270 g/mol. The predicted octanol–water partition coefficient (Wildman–Crippen LogP) is 4.92. The molecule has 21 heavy (non-hydrogen) atoms. The van der Waals surface area contributed by atoms with Crippen LogP contribution in [0.15, 0.2) is 66.8 Å². The molecule has 0 aromatic heterocycles. The van der Waals surface area contributed by atoms with Crippen molar-refractivity contribution in [1.82, 2.24) is 0 Å². The molecule has 0 radical (unpaired) electrons. The standard InChI is InChI=1S/C18H16F2O/c1-21-18(15-8-12-17(20)13-9-15)5-3-2-4-14-6-10-16(19)11-7-14/h2-13,18H,1H3/b4-2+,5-3+. The predicted molar refractivity (Wildman–Crippen MR) is 80.7 cm³/mol. The third-order valence-electron chi connectivity index (χ3n) is 3.01. The Morgan fingerprint density at radius 3 is 2.00 bits per heavy atom. The van der Waals surface area contributed by atoms with Crippen LogP contribution in [0, 0.1) is 11.6 Å². The third kappa shape index (κ3) is 4.65. The number of hydrogen-bond donors (Lipinski definition) is 0. The molecule has 0 bridgehead atoms. The van der Waals surface area contributed by atoms with Crippen LogP contribution in [0.25, 0.3) is 6.08 Å². The highest BCUT2D eigenvalue weighted by Gasteiger charge is 2.05. The van der Waals surface area contributed by atoms with Crippen LogP contribution in [-0.2, 0) is 4.74 Å². The Hall–Kier alpha value is -2.26. The molecule has 0 N–H and O–H groups in total. The van der Waals surface area contributed by atoms with Crippen LogP contribution in [0.5, 0.6) is 0 Å². The van der Waals surface area contributed by atoms with Crippen LogP contribution < -0.4 is 0 Å². The van der Waals surface area contributed by atoms with Gasteiger partial charge in [0.05, 0.1) is 0 Å². The van der Waals surface area contributed by atoms with E-state index < -0.39 is 0 Å². The molecule has 0 aliphatic heterocycles. The van der Waals surface area contributed by atoms with Gasteiger partial charge in [0.1, 0.15) is 17.7 Å². The molecule has 2 aromatic carbocycles. The largest absolute Gasteiger partial charge is 0.373 e. The van der Waals surface area contributed by atoms with Gasteiger partial charge in [0.15, 0.2) is 0 Å². The minimum Gasteiger partial charge on any atom is -0.373 e. The molecule has 0 aliphatic carbocycles. The van der Waals surface area contributed by atoms with Gasteiger partial charge in [-0.2, -0.15) is 0 Å². The number of benzene rings is 2. The first-order valence-corrected chi connectivity index (χ1v) is 6.58. The molecule has 0 saturated carbocycles. The second-order valence-corrected chi connectivity index (χ2v) is 4.50. The average Bonchev–Trinajstić information content (AvgIpc) is 2.50. The third-order valence-corrected chi connectivity index (χ3v) is 3.01. The maximum absolute atomic E-state index is 12.9. The van der Waals surface area contributed by atoms with Gasteiger partial charge in [-0.05, 0) is 35.4 Å². The van der Waals surface area contributed by atoms with E-state index in [1.807, 2.05) is 24.3 Å². The van der Waals surface area contributed by atoms with E-state index in [-0.39, 0.29) is 17.7 Å². The maximum atomic E-state index is 12.9. The van der Waals surface area contributed by atoms with E-state index in [0.717, 1.165) is 11.1 Å². The topological polar surface area (TPSA) is 9.23 Å². The van der Waals surface area contributed by atoms with Crippen molar-refractivity contribution < 1.29 is 13.5 Å². The molecule has 0 fully saturated rings. The molecule has 2 aromatic rings. The Bertz CT molecular complexity index is 613. The molecule has 2 rings (SSSR count). The van der Waals surface area contributed by atoms with Crippen LogP contribution in [0.1, 0.15) is 17.2 Å². The van der Waals surface area contributed by atoms with Crippen LogP contribution in [0.3, 0.4) is 0 Å². The van der Waals surface area contributed by atoms with Crippen LogP contribution in [-0.4, -0.2) is 7.11 Å². The number of hydrogen-bond acceptors (Lipinski definition) is 1. The lowest BCUT2D eigenvalue weighted by molar-refractivity contribution is 0.142. The summed E-state index contributed by atoms with van der Waals surface area (Å²) in [7, 11) is 1.60. The van der Waals surface area contributed by atoms with Crippen molar-refractivity contribution in [2.24, 2.45) is 0 Å². The SMILES string of the molecule is COC(/C=C/C=C/c1ccc(F)cc1)c1ccc(F)cc1. The van der Waals surface area contributed by atoms with Crippen molar-refractivity contribution in [1.29, 1.82) is 0 Å². The zero-order valence-electron chi connectivity index (χ0n) is 11.7. The lowest BCUT2D eigenvalue weighted by Gasteiger charge is -2.10. The summed E-state index contributed by atoms with van der Waals surface area (Å²) in [6.45, 7) is 0. The smallest absolute Gasteiger partial charge is 0.123 e. The Balaban J connectivity index is 2.01. The van der Waals surface area contributed by atoms with E-state index in [2.05, 4.69) is 0 Å².